The number of thiol groups is 1. The number of anilines is 2. The van der Waals surface area contributed by atoms with E-state index < -0.39 is 17.8 Å². The highest BCUT2D eigenvalue weighted by atomic mass is 32.1. The third-order valence-corrected chi connectivity index (χ3v) is 3.80. The van der Waals surface area contributed by atoms with Crippen LogP contribution in [0.4, 0.5) is 15.8 Å². The van der Waals surface area contributed by atoms with Crippen molar-refractivity contribution in [1.82, 2.24) is 0 Å². The van der Waals surface area contributed by atoms with Crippen molar-refractivity contribution in [2.24, 2.45) is 11.7 Å². The molecule has 0 aromatic heterocycles. The molecule has 1 atom stereocenters. The van der Waals surface area contributed by atoms with Gasteiger partial charge in [0.2, 0.25) is 5.91 Å². The molecule has 1 aromatic rings. The molecule has 1 fully saturated rings. The number of halogens is 1. The summed E-state index contributed by atoms with van der Waals surface area (Å²) in [6.45, 7) is 1.58. The van der Waals surface area contributed by atoms with E-state index in [0.717, 1.165) is 18.9 Å². The largest absolute Gasteiger partial charge is 0.371 e. The van der Waals surface area contributed by atoms with E-state index in [-0.39, 0.29) is 22.9 Å². The third-order valence-electron chi connectivity index (χ3n) is 3.55. The molecule has 0 heterocycles. The average Bonchev–Trinajstić information content (AvgIpc) is 3.30. The van der Waals surface area contributed by atoms with Gasteiger partial charge in [0.25, 0.3) is 0 Å². The van der Waals surface area contributed by atoms with E-state index in [1.807, 2.05) is 6.07 Å². The highest BCUT2D eigenvalue weighted by Crippen LogP contribution is 2.35. The summed E-state index contributed by atoms with van der Waals surface area (Å²) in [6, 6.07) is 3.73. The summed E-state index contributed by atoms with van der Waals surface area (Å²) in [5.74, 6) is -1.07. The summed E-state index contributed by atoms with van der Waals surface area (Å²) in [6.07, 6.45) is 3.19. The fourth-order valence-electron chi connectivity index (χ4n) is 2.28. The minimum absolute atomic E-state index is 0.0832. The second-order valence-electron chi connectivity index (χ2n) is 5.69. The van der Waals surface area contributed by atoms with Crippen LogP contribution in [0.5, 0.6) is 0 Å². The Balaban J connectivity index is 2.32. The molecule has 6 nitrogen and oxygen atoms in total. The van der Waals surface area contributed by atoms with Gasteiger partial charge in [-0.05, 0) is 43.9 Å². The first-order chi connectivity index (χ1) is 11.3. The van der Waals surface area contributed by atoms with Crippen LogP contribution in [-0.2, 0) is 4.79 Å². The summed E-state index contributed by atoms with van der Waals surface area (Å²) in [5.41, 5.74) is 6.13. The number of hydrogen-bond acceptors (Lipinski definition) is 6. The predicted molar refractivity (Wildman–Crippen MR) is 94.5 cm³/mol. The van der Waals surface area contributed by atoms with Crippen LogP contribution < -0.4 is 16.4 Å². The number of amides is 1. The van der Waals surface area contributed by atoms with Crippen molar-refractivity contribution >= 4 is 35.6 Å². The smallest absolute Gasteiger partial charge is 0.240 e. The maximum absolute atomic E-state index is 14.2. The van der Waals surface area contributed by atoms with E-state index in [4.69, 9.17) is 16.4 Å². The summed E-state index contributed by atoms with van der Waals surface area (Å²) in [5, 5.41) is 22.6. The Morgan fingerprint density at radius 1 is 1.54 bits per heavy atom. The van der Waals surface area contributed by atoms with Gasteiger partial charge in [0.05, 0.1) is 22.0 Å². The first-order valence-corrected chi connectivity index (χ1v) is 7.79. The monoisotopic (exact) mass is 347 g/mol. The Morgan fingerprint density at radius 3 is 2.71 bits per heavy atom. The number of primary amides is 1. The predicted octanol–water partition coefficient (Wildman–Crippen LogP) is 2.60. The summed E-state index contributed by atoms with van der Waals surface area (Å²) in [4.78, 5) is 11.5. The maximum atomic E-state index is 14.2. The van der Waals surface area contributed by atoms with E-state index in [1.165, 1.54) is 12.1 Å². The molecule has 24 heavy (non-hydrogen) atoms. The lowest BCUT2D eigenvalue weighted by Crippen LogP contribution is -2.37. The van der Waals surface area contributed by atoms with Crippen molar-refractivity contribution in [3.63, 3.8) is 0 Å². The SMILES string of the molecule is CC(=N)/C=C(\S)Nc1cc(N[C@@H](C(N)=O)C2CC2)c(F)cc1C#N. The molecule has 1 aromatic carbocycles. The first kappa shape index (κ1) is 17.8. The molecular weight excluding hydrogens is 329 g/mol. The second kappa shape index (κ2) is 7.36. The number of nitrogens with one attached hydrogen (secondary N) is 3. The quantitative estimate of drug-likeness (QED) is 0.385. The number of hydrogen-bond donors (Lipinski definition) is 5. The van der Waals surface area contributed by atoms with Gasteiger partial charge in [-0.15, -0.1) is 12.6 Å². The maximum Gasteiger partial charge on any atom is 0.240 e. The van der Waals surface area contributed by atoms with Crippen molar-refractivity contribution in [3.05, 3.63) is 34.6 Å². The minimum Gasteiger partial charge on any atom is -0.371 e. The molecule has 0 bridgehead atoms. The normalized spacial score (nSPS) is 15.3. The highest BCUT2D eigenvalue weighted by Gasteiger charge is 2.35. The molecule has 1 aliphatic rings. The number of nitrogens with two attached hydrogens (primary N) is 1. The van der Waals surface area contributed by atoms with Crippen LogP contribution in [0.15, 0.2) is 23.2 Å². The number of nitrogens with zero attached hydrogens (tertiary/aromatic N) is 1. The summed E-state index contributed by atoms with van der Waals surface area (Å²) < 4.78 is 14.2. The zero-order chi connectivity index (χ0) is 17.9. The Morgan fingerprint density at radius 2 is 2.21 bits per heavy atom. The Labute approximate surface area is 144 Å². The zero-order valence-electron chi connectivity index (χ0n) is 13.1. The molecule has 1 aliphatic carbocycles. The molecule has 0 spiro atoms. The van der Waals surface area contributed by atoms with Crippen LogP contribution >= 0.6 is 12.6 Å². The molecular formula is C16H18FN5OS. The number of carbonyl (C=O) groups excluding carboxylic acids is 1. The molecule has 1 saturated carbocycles. The topological polar surface area (TPSA) is 115 Å². The minimum atomic E-state index is -0.643. The number of rotatable bonds is 7. The van der Waals surface area contributed by atoms with Crippen LogP contribution in [0.1, 0.15) is 25.3 Å². The van der Waals surface area contributed by atoms with Crippen LogP contribution in [0.2, 0.25) is 0 Å². The van der Waals surface area contributed by atoms with E-state index in [1.54, 1.807) is 6.92 Å². The molecule has 5 N–H and O–H groups in total. The van der Waals surface area contributed by atoms with Gasteiger partial charge in [0, 0.05) is 5.71 Å². The van der Waals surface area contributed by atoms with Crippen molar-refractivity contribution in [2.45, 2.75) is 25.8 Å². The number of nitriles is 1. The van der Waals surface area contributed by atoms with Gasteiger partial charge in [0.15, 0.2) is 0 Å². The van der Waals surface area contributed by atoms with Crippen molar-refractivity contribution < 1.29 is 9.18 Å². The third kappa shape index (κ3) is 4.49. The summed E-state index contributed by atoms with van der Waals surface area (Å²) in [7, 11) is 0. The van der Waals surface area contributed by atoms with E-state index in [9.17, 15) is 9.18 Å². The molecule has 0 radical (unpaired) electrons. The van der Waals surface area contributed by atoms with Gasteiger partial charge < -0.3 is 21.8 Å². The molecule has 126 valence electrons. The molecule has 8 heteroatoms. The Bertz CT molecular complexity index is 752. The van der Waals surface area contributed by atoms with E-state index in [0.29, 0.717) is 10.7 Å². The van der Waals surface area contributed by atoms with Crippen molar-refractivity contribution in [2.75, 3.05) is 10.6 Å². The molecule has 1 amide bonds. The lowest BCUT2D eigenvalue weighted by atomic mass is 10.1. The fourth-order valence-corrected chi connectivity index (χ4v) is 2.59. The van der Waals surface area contributed by atoms with Crippen molar-refractivity contribution in [3.8, 4) is 6.07 Å². The van der Waals surface area contributed by atoms with Gasteiger partial charge in [0.1, 0.15) is 17.9 Å². The molecule has 0 saturated heterocycles. The number of benzene rings is 1. The van der Waals surface area contributed by atoms with Crippen LogP contribution in [0, 0.1) is 28.5 Å². The summed E-state index contributed by atoms with van der Waals surface area (Å²) >= 11 is 4.18. The second-order valence-corrected chi connectivity index (χ2v) is 6.17. The lowest BCUT2D eigenvalue weighted by molar-refractivity contribution is -0.119. The van der Waals surface area contributed by atoms with E-state index >= 15 is 0 Å². The highest BCUT2D eigenvalue weighted by molar-refractivity contribution is 7.84. The molecule has 2 rings (SSSR count). The van der Waals surface area contributed by atoms with Crippen LogP contribution in [0.3, 0.4) is 0 Å². The number of allylic oxidation sites excluding steroid dienone is 1. The zero-order valence-corrected chi connectivity index (χ0v) is 14.0. The first-order valence-electron chi connectivity index (χ1n) is 7.34. The van der Waals surface area contributed by atoms with Crippen LogP contribution in [-0.4, -0.2) is 17.7 Å². The van der Waals surface area contributed by atoms with Crippen molar-refractivity contribution in [1.29, 1.82) is 10.7 Å². The average molecular weight is 347 g/mol. The Kier molecular flexibility index (Phi) is 5.46. The van der Waals surface area contributed by atoms with Gasteiger partial charge in [-0.25, -0.2) is 4.39 Å². The number of carbonyl (C=O) groups is 1. The fraction of sp³-hybridized carbons (Fsp3) is 0.312. The Hall–Kier alpha value is -2.53. The molecule has 0 unspecified atom stereocenters. The van der Waals surface area contributed by atoms with Gasteiger partial charge in [-0.1, -0.05) is 0 Å². The van der Waals surface area contributed by atoms with E-state index in [2.05, 4.69) is 23.3 Å². The van der Waals surface area contributed by atoms with Crippen LogP contribution in [0.25, 0.3) is 0 Å². The lowest BCUT2D eigenvalue weighted by Gasteiger charge is -2.18. The molecule has 0 aliphatic heterocycles. The van der Waals surface area contributed by atoms with Gasteiger partial charge >= 0.3 is 0 Å². The van der Waals surface area contributed by atoms with Gasteiger partial charge in [-0.2, -0.15) is 5.26 Å². The standard InChI is InChI=1S/C16H18FN5OS/c1-8(19)4-14(24)21-12-6-13(11(17)5-10(12)7-18)22-15(16(20)23)9-2-3-9/h4-6,9,15,19,21-22,24H,2-3H2,1H3,(H2,20,23)/b14-4-,19-8?/t15-/m1/s1. The van der Waals surface area contributed by atoms with Gasteiger partial charge in [-0.3, -0.25) is 4.79 Å².